The summed E-state index contributed by atoms with van der Waals surface area (Å²) >= 11 is 1.89. The maximum atomic E-state index is 4.62. The van der Waals surface area contributed by atoms with Crippen LogP contribution in [0.15, 0.2) is 6.20 Å². The molecule has 2 atom stereocenters. The normalized spacial score (nSPS) is 28.2. The predicted molar refractivity (Wildman–Crippen MR) is 85.0 cm³/mol. The van der Waals surface area contributed by atoms with Gasteiger partial charge in [0.1, 0.15) is 5.01 Å². The van der Waals surface area contributed by atoms with E-state index in [1.165, 1.54) is 29.3 Å². The first-order valence-corrected chi connectivity index (χ1v) is 8.90. The zero-order valence-corrected chi connectivity index (χ0v) is 13.7. The average Bonchev–Trinajstić information content (AvgIpc) is 3.19. The summed E-state index contributed by atoms with van der Waals surface area (Å²) in [5.41, 5.74) is 0. The third kappa shape index (κ3) is 3.23. The van der Waals surface area contributed by atoms with Crippen molar-refractivity contribution in [2.45, 2.75) is 58.7 Å². The molecule has 0 amide bonds. The Morgan fingerprint density at radius 2 is 2.25 bits per heavy atom. The molecule has 3 nitrogen and oxygen atoms in total. The number of hydrogen-bond donors (Lipinski definition) is 1. The fourth-order valence-electron chi connectivity index (χ4n) is 3.27. The van der Waals surface area contributed by atoms with E-state index in [1.807, 2.05) is 11.3 Å². The predicted octanol–water partition coefficient (Wildman–Crippen LogP) is 2.91. The molecular weight excluding hydrogens is 266 g/mol. The largest absolute Gasteiger partial charge is 0.311 e. The molecule has 2 unspecified atom stereocenters. The molecule has 0 bridgehead atoms. The zero-order valence-electron chi connectivity index (χ0n) is 12.9. The summed E-state index contributed by atoms with van der Waals surface area (Å²) in [5.74, 6) is 1.64. The van der Waals surface area contributed by atoms with Crippen LogP contribution in [0.5, 0.6) is 0 Å². The van der Waals surface area contributed by atoms with E-state index in [0.29, 0.717) is 12.0 Å². The molecule has 20 heavy (non-hydrogen) atoms. The molecule has 1 aromatic rings. The molecule has 2 heterocycles. The van der Waals surface area contributed by atoms with Crippen LogP contribution in [0, 0.1) is 11.8 Å². The Hall–Kier alpha value is -0.450. The van der Waals surface area contributed by atoms with Gasteiger partial charge in [0, 0.05) is 36.2 Å². The second-order valence-electron chi connectivity index (χ2n) is 6.67. The van der Waals surface area contributed by atoms with Gasteiger partial charge in [-0.05, 0) is 31.1 Å². The molecule has 0 spiro atoms. The number of aromatic nitrogens is 1. The van der Waals surface area contributed by atoms with Crippen LogP contribution < -0.4 is 5.32 Å². The van der Waals surface area contributed by atoms with Crippen molar-refractivity contribution >= 4 is 11.3 Å². The summed E-state index contributed by atoms with van der Waals surface area (Å²) in [6.45, 7) is 10.3. The van der Waals surface area contributed by atoms with E-state index in [4.69, 9.17) is 0 Å². The van der Waals surface area contributed by atoms with E-state index in [0.717, 1.165) is 31.5 Å². The molecule has 0 aromatic carbocycles. The summed E-state index contributed by atoms with van der Waals surface area (Å²) in [4.78, 5) is 8.71. The van der Waals surface area contributed by atoms with Crippen molar-refractivity contribution in [1.82, 2.24) is 15.2 Å². The zero-order chi connectivity index (χ0) is 14.1. The number of thiazole rings is 1. The van der Waals surface area contributed by atoms with Crippen molar-refractivity contribution in [1.29, 1.82) is 0 Å². The van der Waals surface area contributed by atoms with E-state index in [2.05, 4.69) is 42.2 Å². The van der Waals surface area contributed by atoms with Gasteiger partial charge in [-0.3, -0.25) is 4.90 Å². The fraction of sp³-hybridized carbons (Fsp3) is 0.812. The maximum absolute atomic E-state index is 4.62. The Morgan fingerprint density at radius 3 is 2.85 bits per heavy atom. The van der Waals surface area contributed by atoms with E-state index >= 15 is 0 Å². The van der Waals surface area contributed by atoms with E-state index in [9.17, 15) is 0 Å². The SMILES string of the molecule is CCc1cnc(CN2CC(C3CC3)NCC2C(C)C)s1. The highest BCUT2D eigenvalue weighted by Crippen LogP contribution is 2.35. The first-order chi connectivity index (χ1) is 9.67. The Labute approximate surface area is 126 Å². The number of nitrogens with one attached hydrogen (secondary N) is 1. The second-order valence-corrected chi connectivity index (χ2v) is 7.87. The molecule has 112 valence electrons. The Balaban J connectivity index is 1.68. The lowest BCUT2D eigenvalue weighted by atomic mass is 9.97. The molecular formula is C16H27N3S. The van der Waals surface area contributed by atoms with Gasteiger partial charge in [0.05, 0.1) is 6.54 Å². The number of hydrogen-bond acceptors (Lipinski definition) is 4. The number of piperazine rings is 1. The van der Waals surface area contributed by atoms with Crippen LogP contribution in [0.1, 0.15) is 43.5 Å². The highest BCUT2D eigenvalue weighted by Gasteiger charge is 2.38. The summed E-state index contributed by atoms with van der Waals surface area (Å²) < 4.78 is 0. The molecule has 1 saturated heterocycles. The minimum absolute atomic E-state index is 0.652. The van der Waals surface area contributed by atoms with Crippen molar-refractivity contribution in [2.24, 2.45) is 11.8 Å². The monoisotopic (exact) mass is 293 g/mol. The molecule has 1 N–H and O–H groups in total. The van der Waals surface area contributed by atoms with Crippen molar-refractivity contribution in [3.05, 3.63) is 16.1 Å². The van der Waals surface area contributed by atoms with Crippen LogP contribution in [0.4, 0.5) is 0 Å². The number of nitrogens with zero attached hydrogens (tertiary/aromatic N) is 2. The van der Waals surface area contributed by atoms with Gasteiger partial charge in [0.25, 0.3) is 0 Å². The molecule has 1 aliphatic carbocycles. The third-order valence-electron chi connectivity index (χ3n) is 4.74. The van der Waals surface area contributed by atoms with Crippen LogP contribution in [0.2, 0.25) is 0 Å². The molecule has 1 saturated carbocycles. The lowest BCUT2D eigenvalue weighted by Crippen LogP contribution is -2.58. The van der Waals surface area contributed by atoms with Gasteiger partial charge in [-0.25, -0.2) is 4.98 Å². The number of aryl methyl sites for hydroxylation is 1. The Kier molecular flexibility index (Phi) is 4.43. The molecule has 2 fully saturated rings. The average molecular weight is 293 g/mol. The Morgan fingerprint density at radius 1 is 1.45 bits per heavy atom. The van der Waals surface area contributed by atoms with Crippen molar-refractivity contribution in [3.8, 4) is 0 Å². The van der Waals surface area contributed by atoms with E-state index < -0.39 is 0 Å². The minimum atomic E-state index is 0.652. The van der Waals surface area contributed by atoms with Gasteiger partial charge < -0.3 is 5.32 Å². The smallest absolute Gasteiger partial charge is 0.107 e. The summed E-state index contributed by atoms with van der Waals surface area (Å²) in [7, 11) is 0. The molecule has 0 radical (unpaired) electrons. The molecule has 2 aliphatic rings. The maximum Gasteiger partial charge on any atom is 0.107 e. The van der Waals surface area contributed by atoms with E-state index in [1.54, 1.807) is 0 Å². The lowest BCUT2D eigenvalue weighted by Gasteiger charge is -2.42. The van der Waals surface area contributed by atoms with Crippen LogP contribution in [-0.2, 0) is 13.0 Å². The lowest BCUT2D eigenvalue weighted by molar-refractivity contribution is 0.0851. The van der Waals surface area contributed by atoms with Crippen LogP contribution in [0.25, 0.3) is 0 Å². The van der Waals surface area contributed by atoms with Gasteiger partial charge in [-0.2, -0.15) is 0 Å². The van der Waals surface area contributed by atoms with Gasteiger partial charge >= 0.3 is 0 Å². The molecule has 3 rings (SSSR count). The highest BCUT2D eigenvalue weighted by molar-refractivity contribution is 7.11. The van der Waals surface area contributed by atoms with Crippen LogP contribution in [-0.4, -0.2) is 35.1 Å². The third-order valence-corrected chi connectivity index (χ3v) is 5.86. The van der Waals surface area contributed by atoms with Crippen LogP contribution >= 0.6 is 11.3 Å². The molecule has 4 heteroatoms. The molecule has 1 aliphatic heterocycles. The standard InChI is InChI=1S/C16H27N3S/c1-4-13-7-18-16(20-13)10-19-9-14(12-5-6-12)17-8-15(19)11(2)3/h7,11-12,14-15,17H,4-6,8-10H2,1-3H3. The summed E-state index contributed by atoms with van der Waals surface area (Å²) in [5, 5.41) is 5.08. The minimum Gasteiger partial charge on any atom is -0.311 e. The fourth-order valence-corrected chi connectivity index (χ4v) is 4.15. The number of rotatable bonds is 5. The van der Waals surface area contributed by atoms with Crippen molar-refractivity contribution < 1.29 is 0 Å². The van der Waals surface area contributed by atoms with Gasteiger partial charge in [0.2, 0.25) is 0 Å². The van der Waals surface area contributed by atoms with Crippen LogP contribution in [0.3, 0.4) is 0 Å². The van der Waals surface area contributed by atoms with E-state index in [-0.39, 0.29) is 0 Å². The summed E-state index contributed by atoms with van der Waals surface area (Å²) in [6.07, 6.45) is 6.02. The first kappa shape index (κ1) is 14.5. The highest BCUT2D eigenvalue weighted by atomic mass is 32.1. The quantitative estimate of drug-likeness (QED) is 0.905. The molecule has 1 aromatic heterocycles. The second kappa shape index (κ2) is 6.12. The van der Waals surface area contributed by atoms with Crippen molar-refractivity contribution in [3.63, 3.8) is 0 Å². The van der Waals surface area contributed by atoms with Gasteiger partial charge in [-0.1, -0.05) is 20.8 Å². The van der Waals surface area contributed by atoms with Gasteiger partial charge in [0.15, 0.2) is 0 Å². The summed E-state index contributed by atoms with van der Waals surface area (Å²) in [6, 6.07) is 1.37. The van der Waals surface area contributed by atoms with Crippen molar-refractivity contribution in [2.75, 3.05) is 13.1 Å². The Bertz CT molecular complexity index is 439. The first-order valence-electron chi connectivity index (χ1n) is 8.08. The van der Waals surface area contributed by atoms with Gasteiger partial charge in [-0.15, -0.1) is 11.3 Å². The topological polar surface area (TPSA) is 28.2 Å².